The molecule has 10 amide bonds. The van der Waals surface area contributed by atoms with E-state index in [9.17, 15) is 125 Å². The number of hydrogen-bond acceptors (Lipinski definition) is 31. The number of aromatic nitrogens is 2. The van der Waals surface area contributed by atoms with Crippen LogP contribution in [0.4, 0.5) is 17.6 Å². The lowest BCUT2D eigenvalue weighted by atomic mass is 10.1. The number of nitriles is 2. The van der Waals surface area contributed by atoms with Crippen LogP contribution in [0, 0.1) is 22.7 Å². The zero-order valence-electron chi connectivity index (χ0n) is 73.5. The molecule has 0 spiro atoms. The highest BCUT2D eigenvalue weighted by molar-refractivity contribution is 6.08. The van der Waals surface area contributed by atoms with Crippen LogP contribution >= 0.6 is 0 Å². The Balaban J connectivity index is 0.838. The molecule has 12 N–H and O–H groups in total. The molecule has 5 heterocycles. The SMILES string of the molecule is N#C[C@@H]1CC(F)(F)CN1C(=O)CNC(=O)c1ccnc2ccc(OCCCCNC(=O)CC[C@@H](NC(=O)CC[C@H](NC(=O)CCOCCOCCOCCNC(=O)CCC(OC=O)N3CCN(COC=O)CCN(CC(=O)O)CCN(CC(=O)O)CC3)C(=O)N[C@H](CCC(=O)NCCCCOc3ccc4nccc(C(=O)NCC(=O)N5CC(F)(F)C[C@@H]5C#N)c4c3)C(=O)O)C(=O)O)cc12. The molecule has 0 saturated carbocycles. The van der Waals surface area contributed by atoms with Gasteiger partial charge >= 0.3 is 23.9 Å². The summed E-state index contributed by atoms with van der Waals surface area (Å²) in [6, 6.07) is 7.86. The molecule has 3 saturated heterocycles. The summed E-state index contributed by atoms with van der Waals surface area (Å²) >= 11 is 0. The Hall–Kier alpha value is -13.2. The molecule has 134 heavy (non-hydrogen) atoms. The van der Waals surface area contributed by atoms with E-state index < -0.39 is 202 Å². The molecule has 3 fully saturated rings. The molecule has 45 nitrogen and oxygen atoms in total. The van der Waals surface area contributed by atoms with Gasteiger partial charge in [0, 0.05) is 147 Å². The van der Waals surface area contributed by atoms with E-state index in [1.165, 1.54) is 36.7 Å². The van der Waals surface area contributed by atoms with Crippen molar-refractivity contribution in [3.05, 3.63) is 72.1 Å². The van der Waals surface area contributed by atoms with Crippen molar-refractivity contribution in [2.75, 3.05) is 171 Å². The van der Waals surface area contributed by atoms with Gasteiger partial charge in [0.1, 0.15) is 48.4 Å². The van der Waals surface area contributed by atoms with E-state index >= 15 is 0 Å². The molecule has 2 aromatic carbocycles. The average Bonchev–Trinajstić information content (AvgIpc) is 1.54. The van der Waals surface area contributed by atoms with Crippen LogP contribution in [0.2, 0.25) is 0 Å². The molecule has 1 unspecified atom stereocenters. The van der Waals surface area contributed by atoms with E-state index in [-0.39, 0.29) is 194 Å². The number of carbonyl (C=O) groups excluding carboxylic acids is 12. The lowest BCUT2D eigenvalue weighted by Crippen LogP contribution is -2.52. The number of carboxylic acids is 4. The number of hydrogen-bond donors (Lipinski definition) is 12. The number of pyridine rings is 2. The molecule has 2 aromatic heterocycles. The van der Waals surface area contributed by atoms with Crippen molar-refractivity contribution in [1.29, 1.82) is 10.5 Å². The summed E-state index contributed by atoms with van der Waals surface area (Å²) in [5.41, 5.74) is 0.960. The maximum Gasteiger partial charge on any atom is 0.326 e. The first-order valence-electron chi connectivity index (χ1n) is 43.3. The number of likely N-dealkylation sites (tertiary alicyclic amines) is 2. The van der Waals surface area contributed by atoms with Gasteiger partial charge in [-0.1, -0.05) is 0 Å². The zero-order chi connectivity index (χ0) is 97.5. The molecule has 6 atom stereocenters. The predicted octanol–water partition coefficient (Wildman–Crippen LogP) is -0.666. The fourth-order valence-electron chi connectivity index (χ4n) is 14.3. The highest BCUT2D eigenvalue weighted by Crippen LogP contribution is 2.34. The summed E-state index contributed by atoms with van der Waals surface area (Å²) < 4.78 is 94.7. The maximum atomic E-state index is 14.0. The van der Waals surface area contributed by atoms with E-state index in [1.54, 1.807) is 56.0 Å². The summed E-state index contributed by atoms with van der Waals surface area (Å²) in [6.45, 7) is -1.28. The Morgan fingerprint density at radius 2 is 0.888 bits per heavy atom. The van der Waals surface area contributed by atoms with Crippen molar-refractivity contribution in [2.45, 2.75) is 145 Å². The number of nitrogens with one attached hydrogen (secondary N) is 8. The zero-order valence-corrected chi connectivity index (χ0v) is 73.5. The number of aliphatic carboxylic acids is 4. The monoisotopic (exact) mass is 1890 g/mol. The van der Waals surface area contributed by atoms with Crippen molar-refractivity contribution in [1.82, 2.24) is 81.9 Å². The Labute approximate surface area is 766 Å². The summed E-state index contributed by atoms with van der Waals surface area (Å²) in [4.78, 5) is 220. The molecule has 0 aliphatic carbocycles. The largest absolute Gasteiger partial charge is 0.494 e. The lowest BCUT2D eigenvalue weighted by Gasteiger charge is -2.35. The fourth-order valence-corrected chi connectivity index (χ4v) is 14.3. The molecule has 3 aliphatic heterocycles. The molecular formula is C85H112F4N18O27. The van der Waals surface area contributed by atoms with Crippen LogP contribution in [0.25, 0.3) is 21.8 Å². The van der Waals surface area contributed by atoms with E-state index in [0.717, 1.165) is 9.80 Å². The normalized spacial score (nSPS) is 16.8. The first-order chi connectivity index (χ1) is 64.2. The Kier molecular flexibility index (Phi) is 45.6. The predicted molar refractivity (Wildman–Crippen MR) is 457 cm³/mol. The number of rotatable bonds is 58. The summed E-state index contributed by atoms with van der Waals surface area (Å²) in [5.74, 6) is -18.8. The summed E-state index contributed by atoms with van der Waals surface area (Å²) in [5, 5.41) is 78.5. The van der Waals surface area contributed by atoms with Crippen LogP contribution in [0.1, 0.15) is 117 Å². The number of unbranched alkanes of at least 4 members (excludes halogenated alkanes) is 2. The number of carboxylic acid groups (broad SMARTS) is 4. The minimum Gasteiger partial charge on any atom is -0.494 e. The van der Waals surface area contributed by atoms with Gasteiger partial charge in [-0.2, -0.15) is 10.5 Å². The maximum absolute atomic E-state index is 14.0. The van der Waals surface area contributed by atoms with Gasteiger partial charge in [0.15, 0.2) is 6.23 Å². The second-order valence-corrected chi connectivity index (χ2v) is 31.3. The second kappa shape index (κ2) is 56.6. The topological polar surface area (TPSA) is 608 Å². The van der Waals surface area contributed by atoms with Crippen molar-refractivity contribution in [3.8, 4) is 23.6 Å². The van der Waals surface area contributed by atoms with Gasteiger partial charge in [-0.25, -0.2) is 27.2 Å². The Bertz CT molecular complexity index is 4760. The molecule has 7 rings (SSSR count). The van der Waals surface area contributed by atoms with Crippen molar-refractivity contribution in [2.24, 2.45) is 0 Å². The van der Waals surface area contributed by atoms with Crippen LogP contribution < -0.4 is 52.0 Å². The molecule has 732 valence electrons. The number of carbonyl (C=O) groups is 16. The number of halogens is 4. The van der Waals surface area contributed by atoms with Crippen LogP contribution in [0.15, 0.2) is 60.9 Å². The van der Waals surface area contributed by atoms with E-state index in [2.05, 4.69) is 52.5 Å². The molecule has 3 aliphatic rings. The van der Waals surface area contributed by atoms with Gasteiger partial charge < -0.3 is 106 Å². The van der Waals surface area contributed by atoms with E-state index in [1.807, 2.05) is 0 Å². The van der Waals surface area contributed by atoms with E-state index in [4.69, 9.17) is 33.2 Å². The van der Waals surface area contributed by atoms with Gasteiger partial charge in [-0.3, -0.25) is 96.7 Å². The second-order valence-electron chi connectivity index (χ2n) is 31.3. The summed E-state index contributed by atoms with van der Waals surface area (Å²) in [7, 11) is 0. The van der Waals surface area contributed by atoms with Gasteiger partial charge in [-0.15, -0.1) is 0 Å². The summed E-state index contributed by atoms with van der Waals surface area (Å²) in [6.07, 6.45) is -1.63. The van der Waals surface area contributed by atoms with Crippen LogP contribution in [-0.2, 0) is 90.8 Å². The highest BCUT2D eigenvalue weighted by atomic mass is 19.3. The van der Waals surface area contributed by atoms with Gasteiger partial charge in [-0.05, 0) is 93.5 Å². The third kappa shape index (κ3) is 38.5. The molecule has 0 radical (unpaired) electrons. The third-order valence-electron chi connectivity index (χ3n) is 21.3. The number of amides is 10. The van der Waals surface area contributed by atoms with Gasteiger partial charge in [0.25, 0.3) is 36.6 Å². The minimum absolute atomic E-state index is 0.0143. The quantitative estimate of drug-likeness (QED) is 0.0148. The Morgan fingerprint density at radius 3 is 1.36 bits per heavy atom. The van der Waals surface area contributed by atoms with E-state index in [0.29, 0.717) is 59.0 Å². The van der Waals surface area contributed by atoms with Crippen molar-refractivity contribution >= 4 is 118 Å². The highest BCUT2D eigenvalue weighted by Gasteiger charge is 2.49. The van der Waals surface area contributed by atoms with Crippen LogP contribution in [0.5, 0.6) is 11.5 Å². The fraction of sp³-hybridized carbons (Fsp3) is 0.576. The molecular weight excluding hydrogens is 1780 g/mol. The number of nitrogens with zero attached hydrogens (tertiary/aromatic N) is 10. The van der Waals surface area contributed by atoms with Gasteiger partial charge in [0.05, 0.1) is 126 Å². The average molecular weight is 1890 g/mol. The molecule has 4 aromatic rings. The lowest BCUT2D eigenvalue weighted by molar-refractivity contribution is -0.147. The first kappa shape index (κ1) is 108. The van der Waals surface area contributed by atoms with Crippen LogP contribution in [-0.4, -0.2) is 375 Å². The molecule has 49 heteroatoms. The molecule has 0 bridgehead atoms. The first-order valence-corrected chi connectivity index (χ1v) is 43.3. The van der Waals surface area contributed by atoms with Gasteiger partial charge in [0.2, 0.25) is 47.3 Å². The number of alkyl halides is 4. The number of benzene rings is 2. The van der Waals surface area contributed by atoms with Crippen LogP contribution in [0.3, 0.4) is 0 Å². The minimum atomic E-state index is -3.25. The van der Waals surface area contributed by atoms with Crippen molar-refractivity contribution in [3.63, 3.8) is 0 Å². The smallest absolute Gasteiger partial charge is 0.326 e. The number of fused-ring (bicyclic) bond motifs is 2. The third-order valence-corrected chi connectivity index (χ3v) is 21.3. The number of ether oxygens (including phenoxy) is 7. The van der Waals surface area contributed by atoms with Crippen molar-refractivity contribution < 1.29 is 148 Å². The standard InChI is InChI=1S/C85H112F4N18O27/c86-84(87)43-56(45-90)106(51-84)74(115)47-97-79(121)60-17-22-92-64-7-5-58(41-62(60)64)132-33-3-1-20-94-69(110)12-10-67(82(124)125)100-72(113)14-9-66(81(123)101-68(83(126)127)11-13-70(111)95-21-2-4-34-133-59-6-8-65-63(42-59)61(18-23-93-65)80(122)98-48-75(116)107-52-85(88,89)44-57(107)46-91)99-73(114)19-35-128-37-39-130-40-38-129-36-24-96-71(112)15-16-76(134-55-109)105-31-29-103(50-78(119)120)26-25-102(49-77(117)118)27-28-104(30-32-105)53-131-54-108/h5-8,17-18,22-23,41-42,54-57,66-68,76H,1-4,9-16,19-21,24-40,43-44,47-53H2,(H,94,110)(H,95,111)(H,96,112)(H,97,121)(H,98,122)(H,99,114)(H,100,113)(H,101,123)(H,117,118)(H,119,120)(H,124,125)(H,126,127)/t56-,57+,66-,67+,68+,76?/m0/s1. The Morgan fingerprint density at radius 1 is 0.470 bits per heavy atom.